The van der Waals surface area contributed by atoms with E-state index in [1.54, 1.807) is 18.2 Å². The van der Waals surface area contributed by atoms with Gasteiger partial charge in [-0.25, -0.2) is 0 Å². The van der Waals surface area contributed by atoms with Gasteiger partial charge in [0.15, 0.2) is 0 Å². The predicted octanol–water partition coefficient (Wildman–Crippen LogP) is 2.96. The fourth-order valence-electron chi connectivity index (χ4n) is 0.837. The molecule has 1 rings (SSSR count). The van der Waals surface area contributed by atoms with Crippen LogP contribution in [0.1, 0.15) is 6.42 Å². The van der Waals surface area contributed by atoms with Crippen LogP contribution in [-0.4, -0.2) is 12.9 Å². The van der Waals surface area contributed by atoms with Crippen LogP contribution in [0.3, 0.4) is 0 Å². The Kier molecular flexibility index (Phi) is 4.06. The van der Waals surface area contributed by atoms with E-state index in [0.717, 1.165) is 6.29 Å². The highest BCUT2D eigenvalue weighted by Crippen LogP contribution is 2.23. The Hall–Kier alpha value is -0.730. The number of hydrogen-bond acceptors (Lipinski definition) is 2. The molecule has 0 N–H and O–H groups in total. The van der Waals surface area contributed by atoms with E-state index in [1.807, 2.05) is 0 Å². The second kappa shape index (κ2) is 5.10. The van der Waals surface area contributed by atoms with E-state index in [2.05, 4.69) is 0 Å². The van der Waals surface area contributed by atoms with Crippen LogP contribution in [0, 0.1) is 0 Å². The van der Waals surface area contributed by atoms with Crippen molar-refractivity contribution in [2.45, 2.75) is 6.42 Å². The van der Waals surface area contributed by atoms with Crippen molar-refractivity contribution in [1.29, 1.82) is 0 Å². The third-order valence-electron chi connectivity index (χ3n) is 1.34. The van der Waals surface area contributed by atoms with Gasteiger partial charge in [0, 0.05) is 16.5 Å². The van der Waals surface area contributed by atoms with Crippen LogP contribution in [0.5, 0.6) is 5.75 Å². The molecule has 0 atom stereocenters. The minimum atomic E-state index is 0.347. The summed E-state index contributed by atoms with van der Waals surface area (Å²) >= 11 is 11.5. The Bertz CT molecular complexity index is 279. The topological polar surface area (TPSA) is 26.3 Å². The van der Waals surface area contributed by atoms with Crippen molar-refractivity contribution in [3.63, 3.8) is 0 Å². The quantitative estimate of drug-likeness (QED) is 0.574. The molecule has 0 spiro atoms. The number of carbonyl (C=O) groups excluding carboxylic acids is 1. The standard InChI is InChI=1S/C9H8Cl2O2/c10-7-4-8(11)6-9(5-7)13-3-1-2-12/h2,4-6H,1,3H2. The summed E-state index contributed by atoms with van der Waals surface area (Å²) in [4.78, 5) is 10.00. The van der Waals surface area contributed by atoms with Gasteiger partial charge < -0.3 is 9.53 Å². The molecule has 1 aromatic rings. The first-order chi connectivity index (χ1) is 6.22. The molecule has 0 bridgehead atoms. The van der Waals surface area contributed by atoms with Gasteiger partial charge in [-0.1, -0.05) is 23.2 Å². The molecule has 4 heteroatoms. The van der Waals surface area contributed by atoms with Crippen LogP contribution in [0.2, 0.25) is 10.0 Å². The summed E-state index contributed by atoms with van der Waals surface area (Å²) in [5.74, 6) is 0.583. The number of aldehydes is 1. The second-order valence-corrected chi connectivity index (χ2v) is 3.28. The number of benzene rings is 1. The molecule has 0 radical (unpaired) electrons. The van der Waals surface area contributed by atoms with Crippen molar-refractivity contribution in [3.05, 3.63) is 28.2 Å². The molecule has 0 saturated heterocycles. The van der Waals surface area contributed by atoms with E-state index in [9.17, 15) is 4.79 Å². The van der Waals surface area contributed by atoms with Crippen molar-refractivity contribution in [1.82, 2.24) is 0 Å². The van der Waals surface area contributed by atoms with E-state index in [4.69, 9.17) is 27.9 Å². The van der Waals surface area contributed by atoms with Crippen molar-refractivity contribution in [3.8, 4) is 5.75 Å². The van der Waals surface area contributed by atoms with Crippen LogP contribution in [0.4, 0.5) is 0 Å². The van der Waals surface area contributed by atoms with E-state index in [-0.39, 0.29) is 0 Å². The number of ether oxygens (including phenoxy) is 1. The van der Waals surface area contributed by atoms with Gasteiger partial charge in [0.1, 0.15) is 12.0 Å². The summed E-state index contributed by atoms with van der Waals surface area (Å²) in [5, 5.41) is 1.04. The average molecular weight is 219 g/mol. The van der Waals surface area contributed by atoms with Crippen molar-refractivity contribution < 1.29 is 9.53 Å². The maximum atomic E-state index is 10.00. The van der Waals surface area contributed by atoms with E-state index in [1.165, 1.54) is 0 Å². The monoisotopic (exact) mass is 218 g/mol. The van der Waals surface area contributed by atoms with Crippen LogP contribution in [0.15, 0.2) is 18.2 Å². The summed E-state index contributed by atoms with van der Waals surface area (Å²) in [6, 6.07) is 4.92. The number of rotatable bonds is 4. The molecule has 0 unspecified atom stereocenters. The Balaban J connectivity index is 2.60. The average Bonchev–Trinajstić information content (AvgIpc) is 2.03. The normalized spacial score (nSPS) is 9.69. The van der Waals surface area contributed by atoms with Gasteiger partial charge in [-0.15, -0.1) is 0 Å². The molecule has 1 aromatic carbocycles. The summed E-state index contributed by atoms with van der Waals surface area (Å²) in [7, 11) is 0. The van der Waals surface area contributed by atoms with Crippen LogP contribution >= 0.6 is 23.2 Å². The lowest BCUT2D eigenvalue weighted by Crippen LogP contribution is -1.97. The number of hydrogen-bond donors (Lipinski definition) is 0. The van der Waals surface area contributed by atoms with Crippen LogP contribution in [-0.2, 0) is 4.79 Å². The van der Waals surface area contributed by atoms with E-state index < -0.39 is 0 Å². The van der Waals surface area contributed by atoms with Crippen LogP contribution in [0.25, 0.3) is 0 Å². The van der Waals surface area contributed by atoms with Crippen molar-refractivity contribution in [2.24, 2.45) is 0 Å². The predicted molar refractivity (Wildman–Crippen MR) is 52.6 cm³/mol. The largest absolute Gasteiger partial charge is 0.493 e. The number of halogens is 2. The molecule has 0 saturated carbocycles. The first kappa shape index (κ1) is 10.4. The fraction of sp³-hybridized carbons (Fsp3) is 0.222. The first-order valence-corrected chi connectivity index (χ1v) is 4.50. The molecule has 0 aliphatic rings. The van der Waals surface area contributed by atoms with Gasteiger partial charge in [0.2, 0.25) is 0 Å². The summed E-state index contributed by atoms with van der Waals surface area (Å²) in [5.41, 5.74) is 0. The second-order valence-electron chi connectivity index (χ2n) is 2.41. The Morgan fingerprint density at radius 1 is 1.23 bits per heavy atom. The maximum Gasteiger partial charge on any atom is 0.123 e. The van der Waals surface area contributed by atoms with Gasteiger partial charge in [0.25, 0.3) is 0 Å². The van der Waals surface area contributed by atoms with Gasteiger partial charge in [-0.3, -0.25) is 0 Å². The van der Waals surface area contributed by atoms with Crippen molar-refractivity contribution >= 4 is 29.5 Å². The van der Waals surface area contributed by atoms with Crippen molar-refractivity contribution in [2.75, 3.05) is 6.61 Å². The van der Waals surface area contributed by atoms with E-state index >= 15 is 0 Å². The molecule has 70 valence electrons. The molecule has 0 amide bonds. The highest BCUT2D eigenvalue weighted by molar-refractivity contribution is 6.34. The molecule has 0 heterocycles. The molecule has 0 fully saturated rings. The maximum absolute atomic E-state index is 10.00. The highest BCUT2D eigenvalue weighted by atomic mass is 35.5. The first-order valence-electron chi connectivity index (χ1n) is 3.75. The lowest BCUT2D eigenvalue weighted by atomic mass is 10.3. The lowest BCUT2D eigenvalue weighted by molar-refractivity contribution is -0.108. The third kappa shape index (κ3) is 3.66. The molecule has 0 aliphatic heterocycles. The van der Waals surface area contributed by atoms with Gasteiger partial charge in [0.05, 0.1) is 6.61 Å². The zero-order valence-corrected chi connectivity index (χ0v) is 8.31. The Morgan fingerprint density at radius 3 is 2.38 bits per heavy atom. The summed E-state index contributed by atoms with van der Waals surface area (Å²) < 4.78 is 5.21. The molecule has 0 aromatic heterocycles. The molecule has 0 aliphatic carbocycles. The zero-order chi connectivity index (χ0) is 9.68. The van der Waals surface area contributed by atoms with Gasteiger partial charge in [-0.2, -0.15) is 0 Å². The molecular formula is C9H8Cl2O2. The zero-order valence-electron chi connectivity index (χ0n) is 6.80. The van der Waals surface area contributed by atoms with Crippen LogP contribution < -0.4 is 4.74 Å². The van der Waals surface area contributed by atoms with Gasteiger partial charge >= 0.3 is 0 Å². The minimum Gasteiger partial charge on any atom is -0.493 e. The minimum absolute atomic E-state index is 0.347. The van der Waals surface area contributed by atoms with Gasteiger partial charge in [-0.05, 0) is 18.2 Å². The Labute approximate surface area is 86.4 Å². The van der Waals surface area contributed by atoms with E-state index in [0.29, 0.717) is 28.8 Å². The fourth-order valence-corrected chi connectivity index (χ4v) is 1.34. The number of carbonyl (C=O) groups is 1. The third-order valence-corrected chi connectivity index (χ3v) is 1.78. The summed E-state index contributed by atoms with van der Waals surface area (Å²) in [6.45, 7) is 0.347. The Morgan fingerprint density at radius 2 is 1.85 bits per heavy atom. The smallest absolute Gasteiger partial charge is 0.123 e. The lowest BCUT2D eigenvalue weighted by Gasteiger charge is -2.04. The highest BCUT2D eigenvalue weighted by Gasteiger charge is 1.98. The SMILES string of the molecule is O=CCCOc1cc(Cl)cc(Cl)c1. The molecular weight excluding hydrogens is 211 g/mol. The summed E-state index contributed by atoms with van der Waals surface area (Å²) in [6.07, 6.45) is 1.16. The molecule has 2 nitrogen and oxygen atoms in total. The molecule has 13 heavy (non-hydrogen) atoms.